The fraction of sp³-hybridized carbons (Fsp3) is 0.405. The first-order valence-corrected chi connectivity index (χ1v) is 14.7. The molecule has 0 aliphatic rings. The van der Waals surface area contributed by atoms with Gasteiger partial charge in [-0.3, -0.25) is 10.4 Å². The van der Waals surface area contributed by atoms with Gasteiger partial charge in [-0.25, -0.2) is 0 Å². The Morgan fingerprint density at radius 1 is 0.900 bits per heavy atom. The Balaban J connectivity index is 0.000000983. The number of anilines is 1. The molecule has 3 heteroatoms. The second kappa shape index (κ2) is 22.4. The van der Waals surface area contributed by atoms with Gasteiger partial charge in [-0.1, -0.05) is 127 Å². The minimum absolute atomic E-state index is 0.596. The molecule has 0 amide bonds. The van der Waals surface area contributed by atoms with E-state index in [1.54, 1.807) is 6.08 Å². The van der Waals surface area contributed by atoms with Crippen molar-refractivity contribution in [3.63, 3.8) is 0 Å². The minimum atomic E-state index is 0.596. The molecule has 0 saturated carbocycles. The van der Waals surface area contributed by atoms with Crippen LogP contribution in [0.3, 0.4) is 0 Å². The molecule has 1 N–H and O–H groups in total. The van der Waals surface area contributed by atoms with Crippen molar-refractivity contribution in [3.05, 3.63) is 128 Å². The lowest BCUT2D eigenvalue weighted by atomic mass is 9.91. The van der Waals surface area contributed by atoms with Crippen molar-refractivity contribution in [2.75, 3.05) is 24.5 Å². The highest BCUT2D eigenvalue weighted by Gasteiger charge is 2.09. The Kier molecular flexibility index (Phi) is 20.4. The van der Waals surface area contributed by atoms with Crippen LogP contribution in [-0.4, -0.2) is 24.6 Å². The second-order valence-corrected chi connectivity index (χ2v) is 10.5. The molecule has 0 aromatic heterocycles. The summed E-state index contributed by atoms with van der Waals surface area (Å²) in [5.74, 6) is 1.23. The molecule has 0 atom stereocenters. The molecule has 0 radical (unpaired) electrons. The lowest BCUT2D eigenvalue weighted by Gasteiger charge is -2.29. The van der Waals surface area contributed by atoms with Gasteiger partial charge in [0.25, 0.3) is 0 Å². The molecule has 0 unspecified atom stereocenters. The molecule has 0 bridgehead atoms. The Bertz CT molecular complexity index is 989. The third-order valence-electron chi connectivity index (χ3n) is 6.56. The van der Waals surface area contributed by atoms with E-state index in [4.69, 9.17) is 0 Å². The van der Waals surface area contributed by atoms with Gasteiger partial charge in [-0.2, -0.15) is 0 Å². The lowest BCUT2D eigenvalue weighted by Crippen LogP contribution is -2.39. The van der Waals surface area contributed by atoms with E-state index in [0.717, 1.165) is 44.6 Å². The van der Waals surface area contributed by atoms with Crippen molar-refractivity contribution >= 4 is 5.69 Å². The zero-order valence-electron chi connectivity index (χ0n) is 26.6. The van der Waals surface area contributed by atoms with E-state index in [2.05, 4.69) is 115 Å². The van der Waals surface area contributed by atoms with Gasteiger partial charge >= 0.3 is 0 Å². The van der Waals surface area contributed by atoms with Crippen LogP contribution in [0, 0.1) is 11.8 Å². The molecular weight excluding hydrogens is 486 g/mol. The fourth-order valence-electron chi connectivity index (χ4n) is 4.09. The van der Waals surface area contributed by atoms with Crippen molar-refractivity contribution in [1.82, 2.24) is 10.4 Å². The van der Waals surface area contributed by atoms with Crippen LogP contribution in [0.1, 0.15) is 67.7 Å². The topological polar surface area (TPSA) is 18.5 Å². The van der Waals surface area contributed by atoms with E-state index in [9.17, 15) is 0 Å². The number of hydrogen-bond acceptors (Lipinski definition) is 3. The molecular formula is C37H57N3. The van der Waals surface area contributed by atoms with E-state index < -0.39 is 0 Å². The van der Waals surface area contributed by atoms with Crippen molar-refractivity contribution in [3.8, 4) is 0 Å². The zero-order valence-corrected chi connectivity index (χ0v) is 26.6. The predicted octanol–water partition coefficient (Wildman–Crippen LogP) is 10.2. The van der Waals surface area contributed by atoms with Crippen LogP contribution in [0.5, 0.6) is 0 Å². The van der Waals surface area contributed by atoms with Gasteiger partial charge < -0.3 is 4.90 Å². The maximum Gasteiger partial charge on any atom is 0.0562 e. The molecule has 220 valence electrons. The molecule has 0 heterocycles. The number of hydrazine groups is 1. The number of nitrogens with one attached hydrogen (secondary N) is 1. The highest BCUT2D eigenvalue weighted by atomic mass is 15.5. The zero-order chi connectivity index (χ0) is 30.3. The number of para-hydroxylation sites is 1. The molecule has 0 spiro atoms. The lowest BCUT2D eigenvalue weighted by molar-refractivity contribution is 0.313. The number of rotatable bonds is 18. The third-order valence-corrected chi connectivity index (χ3v) is 6.56. The van der Waals surface area contributed by atoms with Crippen LogP contribution >= 0.6 is 0 Å². The van der Waals surface area contributed by atoms with Crippen molar-refractivity contribution in [2.24, 2.45) is 11.8 Å². The average Bonchev–Trinajstić information content (AvgIpc) is 2.93. The molecule has 0 aliphatic heterocycles. The number of hydrogen-bond donors (Lipinski definition) is 1. The summed E-state index contributed by atoms with van der Waals surface area (Å²) >= 11 is 0. The van der Waals surface area contributed by atoms with Gasteiger partial charge in [0.05, 0.1) is 12.2 Å². The van der Waals surface area contributed by atoms with E-state index in [1.165, 1.54) is 22.4 Å². The minimum Gasteiger partial charge on any atom is -0.369 e. The van der Waals surface area contributed by atoms with E-state index in [1.807, 2.05) is 48.5 Å². The van der Waals surface area contributed by atoms with Gasteiger partial charge in [-0.05, 0) is 68.4 Å². The van der Waals surface area contributed by atoms with Crippen molar-refractivity contribution in [2.45, 2.75) is 67.7 Å². The molecule has 3 nitrogen and oxygen atoms in total. The molecule has 1 aromatic carbocycles. The van der Waals surface area contributed by atoms with Crippen molar-refractivity contribution < 1.29 is 0 Å². The first-order valence-electron chi connectivity index (χ1n) is 14.7. The quantitative estimate of drug-likeness (QED) is 0.113. The van der Waals surface area contributed by atoms with Crippen LogP contribution < -0.4 is 10.3 Å². The average molecular weight is 544 g/mol. The summed E-state index contributed by atoms with van der Waals surface area (Å²) in [6.45, 7) is 33.6. The van der Waals surface area contributed by atoms with Gasteiger partial charge in [0.2, 0.25) is 0 Å². The van der Waals surface area contributed by atoms with E-state index >= 15 is 0 Å². The molecule has 40 heavy (non-hydrogen) atoms. The maximum absolute atomic E-state index is 4.21. The summed E-state index contributed by atoms with van der Waals surface area (Å²) in [5, 5.41) is 2.01. The van der Waals surface area contributed by atoms with Crippen LogP contribution in [0.15, 0.2) is 128 Å². The Hall–Kier alpha value is -3.46. The third kappa shape index (κ3) is 15.8. The largest absolute Gasteiger partial charge is 0.369 e. The Morgan fingerprint density at radius 3 is 2.08 bits per heavy atom. The number of benzene rings is 1. The van der Waals surface area contributed by atoms with Gasteiger partial charge in [0.1, 0.15) is 0 Å². The van der Waals surface area contributed by atoms with E-state index in [-0.39, 0.29) is 0 Å². The molecule has 1 aromatic rings. The van der Waals surface area contributed by atoms with Crippen molar-refractivity contribution in [1.29, 1.82) is 0 Å². The molecule has 0 fully saturated rings. The summed E-state index contributed by atoms with van der Waals surface area (Å²) in [5.41, 5.74) is 9.83. The number of allylic oxidation sites excluding steroid dienone is 9. The highest BCUT2D eigenvalue weighted by molar-refractivity contribution is 5.46. The first-order chi connectivity index (χ1) is 19.1. The van der Waals surface area contributed by atoms with E-state index in [0.29, 0.717) is 11.8 Å². The van der Waals surface area contributed by atoms with Crippen LogP contribution in [-0.2, 0) is 0 Å². The van der Waals surface area contributed by atoms with Crippen LogP contribution in [0.2, 0.25) is 0 Å². The first kappa shape index (κ1) is 36.5. The highest BCUT2D eigenvalue weighted by Crippen LogP contribution is 2.22. The Labute approximate surface area is 247 Å². The maximum atomic E-state index is 4.21. The molecule has 1 rings (SSSR count). The smallest absolute Gasteiger partial charge is 0.0562 e. The summed E-state index contributed by atoms with van der Waals surface area (Å²) in [6.07, 6.45) is 18.8. The molecule has 0 aliphatic carbocycles. The number of nitrogens with zero attached hydrogens (tertiary/aromatic N) is 2. The van der Waals surface area contributed by atoms with Gasteiger partial charge in [0, 0.05) is 25.0 Å². The van der Waals surface area contributed by atoms with Gasteiger partial charge in [0.15, 0.2) is 0 Å². The second-order valence-electron chi connectivity index (χ2n) is 10.5. The van der Waals surface area contributed by atoms with Crippen LogP contribution in [0.25, 0.3) is 0 Å². The van der Waals surface area contributed by atoms with Crippen LogP contribution in [0.4, 0.5) is 5.69 Å². The summed E-state index contributed by atoms with van der Waals surface area (Å²) < 4.78 is 0. The Morgan fingerprint density at radius 2 is 1.57 bits per heavy atom. The summed E-state index contributed by atoms with van der Waals surface area (Å²) in [7, 11) is 0. The normalized spacial score (nSPS) is 12.2. The predicted molar refractivity (Wildman–Crippen MR) is 182 cm³/mol. The van der Waals surface area contributed by atoms with Gasteiger partial charge in [-0.15, -0.1) is 0 Å². The summed E-state index contributed by atoms with van der Waals surface area (Å²) in [4.78, 5) is 2.41. The molecule has 0 saturated heterocycles. The fourth-order valence-corrected chi connectivity index (χ4v) is 4.09. The monoisotopic (exact) mass is 543 g/mol. The standard InChI is InChI=1S/C24H35N3.C13H22/c1-6-13-22(5)18-19-26(24-16-11-10-12-17-24)20-21-27(9-4)25-23(14-7-2)15-8-3;1-7-8-9-13(11(4)5)12(6)10(2)3/h7-12,14-17,25H,2,4-6,13,18-21H2,1,3H3;7-11H,1H2,2-6H3/b15-8-,23-14+;9-8-,13-12+. The summed E-state index contributed by atoms with van der Waals surface area (Å²) in [6, 6.07) is 10.6. The SMILES string of the molecule is C=C/C=C(\C=C/C)NN(C=C)CCN(CCC(=C)CCC)c1ccccc1.C=C/C=C\C(=C(\C)C(C)C)C(C)C.